The molecule has 16 heavy (non-hydrogen) atoms. The predicted molar refractivity (Wildman–Crippen MR) is 60.1 cm³/mol. The van der Waals surface area contributed by atoms with Gasteiger partial charge in [0.1, 0.15) is 4.90 Å². The molecule has 0 radical (unpaired) electrons. The van der Waals surface area contributed by atoms with E-state index in [4.69, 9.17) is 15.7 Å². The Balaban J connectivity index is 2.52. The molecule has 1 aromatic carbocycles. The number of hydrogen-bond donors (Lipinski definition) is 2. The van der Waals surface area contributed by atoms with Crippen molar-refractivity contribution >= 4 is 21.4 Å². The van der Waals surface area contributed by atoms with E-state index in [1.54, 1.807) is 12.1 Å². The summed E-state index contributed by atoms with van der Waals surface area (Å²) in [6.07, 6.45) is 0.856. The van der Waals surface area contributed by atoms with E-state index in [1.165, 1.54) is 11.1 Å². The fourth-order valence-electron chi connectivity index (χ4n) is 1.60. The lowest BCUT2D eigenvalue weighted by molar-refractivity contribution is 0.167. The molecule has 0 bridgehead atoms. The molecule has 0 aliphatic carbocycles. The van der Waals surface area contributed by atoms with Gasteiger partial charge in [0, 0.05) is 12.2 Å². The summed E-state index contributed by atoms with van der Waals surface area (Å²) in [6, 6.07) is 4.55. The Hall–Kier alpha value is -1.31. The zero-order valence-electron chi connectivity index (χ0n) is 8.59. The smallest absolute Gasteiger partial charge is 0.240 e. The van der Waals surface area contributed by atoms with Gasteiger partial charge in [-0.3, -0.25) is 9.90 Å². The molecule has 0 unspecified atom stereocenters. The molecule has 1 aromatic rings. The highest BCUT2D eigenvalue weighted by molar-refractivity contribution is 7.89. The molecule has 7 heteroatoms. The predicted octanol–water partition coefficient (Wildman–Crippen LogP) is 0.0579. The van der Waals surface area contributed by atoms with Crippen molar-refractivity contribution in [1.29, 1.82) is 0 Å². The summed E-state index contributed by atoms with van der Waals surface area (Å²) in [5.41, 5.74) is 6.34. The standard InChI is InChI=1S/C9H13N3O3S/c10-7-2-3-8(12-4-1-5-15-12)9(6-7)16(11,13)14/h2-3,6H,1,4-5,10H2,(H2,11,13,14). The maximum atomic E-state index is 11.4. The van der Waals surface area contributed by atoms with Crippen molar-refractivity contribution in [2.45, 2.75) is 11.3 Å². The molecule has 1 saturated heterocycles. The SMILES string of the molecule is Nc1ccc(N2CCCO2)c(S(N)(=O)=O)c1. The number of nitrogen functional groups attached to an aromatic ring is 1. The van der Waals surface area contributed by atoms with Crippen LogP contribution in [0.15, 0.2) is 23.1 Å². The second kappa shape index (κ2) is 3.93. The zero-order valence-corrected chi connectivity index (χ0v) is 9.40. The lowest BCUT2D eigenvalue weighted by Crippen LogP contribution is -2.22. The summed E-state index contributed by atoms with van der Waals surface area (Å²) in [6.45, 7) is 1.22. The van der Waals surface area contributed by atoms with E-state index in [1.807, 2.05) is 0 Å². The van der Waals surface area contributed by atoms with Crippen LogP contribution in [0.1, 0.15) is 6.42 Å². The Morgan fingerprint density at radius 2 is 2.12 bits per heavy atom. The fourth-order valence-corrected chi connectivity index (χ4v) is 2.36. The molecular formula is C9H13N3O3S. The third-order valence-electron chi connectivity index (χ3n) is 2.31. The number of anilines is 2. The minimum atomic E-state index is -3.80. The molecule has 1 aliphatic rings. The number of rotatable bonds is 2. The average molecular weight is 243 g/mol. The lowest BCUT2D eigenvalue weighted by atomic mass is 10.3. The molecule has 1 fully saturated rings. The molecule has 4 N–H and O–H groups in total. The van der Waals surface area contributed by atoms with Gasteiger partial charge in [0.05, 0.1) is 12.3 Å². The number of hydroxylamine groups is 1. The van der Waals surface area contributed by atoms with Crippen molar-refractivity contribution in [3.63, 3.8) is 0 Å². The first-order chi connectivity index (χ1) is 7.48. The van der Waals surface area contributed by atoms with Gasteiger partial charge >= 0.3 is 0 Å². The average Bonchev–Trinajstić information content (AvgIpc) is 2.69. The minimum absolute atomic E-state index is 0.00519. The zero-order chi connectivity index (χ0) is 11.8. The van der Waals surface area contributed by atoms with Gasteiger partial charge in [-0.2, -0.15) is 0 Å². The summed E-state index contributed by atoms with van der Waals surface area (Å²) in [7, 11) is -3.80. The van der Waals surface area contributed by atoms with Crippen molar-refractivity contribution in [1.82, 2.24) is 0 Å². The highest BCUT2D eigenvalue weighted by atomic mass is 32.2. The number of primary sulfonamides is 1. The van der Waals surface area contributed by atoms with Crippen LogP contribution in [0.2, 0.25) is 0 Å². The van der Waals surface area contributed by atoms with Crippen LogP contribution in [0.25, 0.3) is 0 Å². The maximum absolute atomic E-state index is 11.4. The number of benzene rings is 1. The monoisotopic (exact) mass is 243 g/mol. The summed E-state index contributed by atoms with van der Waals surface area (Å²) in [5, 5.41) is 6.66. The van der Waals surface area contributed by atoms with Crippen molar-refractivity contribution in [3.05, 3.63) is 18.2 Å². The second-order valence-corrected chi connectivity index (χ2v) is 5.09. The van der Waals surface area contributed by atoms with Crippen LogP contribution >= 0.6 is 0 Å². The highest BCUT2D eigenvalue weighted by Gasteiger charge is 2.22. The fraction of sp³-hybridized carbons (Fsp3) is 0.333. The Morgan fingerprint density at radius 1 is 1.38 bits per heavy atom. The van der Waals surface area contributed by atoms with Crippen LogP contribution in [0.4, 0.5) is 11.4 Å². The first kappa shape index (κ1) is 11.2. The van der Waals surface area contributed by atoms with Gasteiger partial charge in [-0.05, 0) is 24.6 Å². The molecule has 0 atom stereocenters. The molecule has 0 saturated carbocycles. The first-order valence-electron chi connectivity index (χ1n) is 4.81. The summed E-state index contributed by atoms with van der Waals surface area (Å²) in [4.78, 5) is 5.28. The quantitative estimate of drug-likeness (QED) is 0.715. The molecular weight excluding hydrogens is 230 g/mol. The van der Waals surface area contributed by atoms with E-state index >= 15 is 0 Å². The molecule has 0 amide bonds. The molecule has 2 rings (SSSR count). The topological polar surface area (TPSA) is 98.6 Å². The number of sulfonamides is 1. The summed E-state index contributed by atoms with van der Waals surface area (Å²) >= 11 is 0. The van der Waals surface area contributed by atoms with Gasteiger partial charge in [0.15, 0.2) is 0 Å². The number of hydrogen-bond acceptors (Lipinski definition) is 5. The Morgan fingerprint density at radius 3 is 2.69 bits per heavy atom. The third kappa shape index (κ3) is 2.11. The van der Waals surface area contributed by atoms with Gasteiger partial charge in [-0.15, -0.1) is 0 Å². The summed E-state index contributed by atoms with van der Waals surface area (Å²) in [5.74, 6) is 0. The molecule has 0 aromatic heterocycles. The largest absolute Gasteiger partial charge is 0.399 e. The van der Waals surface area contributed by atoms with Crippen LogP contribution < -0.4 is 15.9 Å². The van der Waals surface area contributed by atoms with Gasteiger partial charge in [-0.25, -0.2) is 13.6 Å². The summed E-state index contributed by atoms with van der Waals surface area (Å²) < 4.78 is 22.8. The third-order valence-corrected chi connectivity index (χ3v) is 3.25. The van der Waals surface area contributed by atoms with Crippen LogP contribution in [-0.4, -0.2) is 21.6 Å². The van der Waals surface area contributed by atoms with Crippen molar-refractivity contribution in [2.24, 2.45) is 5.14 Å². The van der Waals surface area contributed by atoms with E-state index in [0.717, 1.165) is 6.42 Å². The molecule has 1 heterocycles. The normalized spacial score (nSPS) is 16.7. The first-order valence-corrected chi connectivity index (χ1v) is 6.36. The van der Waals surface area contributed by atoms with Gasteiger partial charge in [0.25, 0.3) is 0 Å². The van der Waals surface area contributed by atoms with E-state index in [9.17, 15) is 8.42 Å². The molecule has 0 spiro atoms. The van der Waals surface area contributed by atoms with Gasteiger partial charge in [0.2, 0.25) is 10.0 Å². The number of nitrogens with two attached hydrogens (primary N) is 2. The number of nitrogens with zero attached hydrogens (tertiary/aromatic N) is 1. The van der Waals surface area contributed by atoms with Crippen LogP contribution in [0, 0.1) is 0 Å². The molecule has 88 valence electrons. The maximum Gasteiger partial charge on any atom is 0.240 e. The van der Waals surface area contributed by atoms with Crippen LogP contribution in [-0.2, 0) is 14.9 Å². The van der Waals surface area contributed by atoms with Crippen molar-refractivity contribution < 1.29 is 13.3 Å². The molecule has 6 nitrogen and oxygen atoms in total. The van der Waals surface area contributed by atoms with Gasteiger partial charge < -0.3 is 5.73 Å². The minimum Gasteiger partial charge on any atom is -0.399 e. The second-order valence-electron chi connectivity index (χ2n) is 3.56. The van der Waals surface area contributed by atoms with Crippen molar-refractivity contribution in [3.8, 4) is 0 Å². The van der Waals surface area contributed by atoms with Crippen LogP contribution in [0.3, 0.4) is 0 Å². The van der Waals surface area contributed by atoms with Gasteiger partial charge in [-0.1, -0.05) is 0 Å². The molecule has 1 aliphatic heterocycles. The van der Waals surface area contributed by atoms with E-state index in [0.29, 0.717) is 24.5 Å². The van der Waals surface area contributed by atoms with Crippen LogP contribution in [0.5, 0.6) is 0 Å². The Kier molecular flexibility index (Phi) is 2.75. The van der Waals surface area contributed by atoms with E-state index < -0.39 is 10.0 Å². The highest BCUT2D eigenvalue weighted by Crippen LogP contribution is 2.28. The Labute approximate surface area is 93.8 Å². The van der Waals surface area contributed by atoms with E-state index in [-0.39, 0.29) is 4.90 Å². The van der Waals surface area contributed by atoms with Crippen molar-refractivity contribution in [2.75, 3.05) is 23.9 Å². The lowest BCUT2D eigenvalue weighted by Gasteiger charge is -2.19. The Bertz CT molecular complexity index is 495. The van der Waals surface area contributed by atoms with E-state index in [2.05, 4.69) is 0 Å².